The number of hydrogen-bond acceptors (Lipinski definition) is 1. The van der Waals surface area contributed by atoms with Crippen molar-refractivity contribution >= 4 is 38.6 Å². The summed E-state index contributed by atoms with van der Waals surface area (Å²) in [4.78, 5) is 2.46. The molecule has 11 rings (SSSR count). The summed E-state index contributed by atoms with van der Waals surface area (Å²) in [5, 5.41) is 5.25. The lowest BCUT2D eigenvalue weighted by atomic mass is 9.68. The van der Waals surface area contributed by atoms with Gasteiger partial charge in [-0.1, -0.05) is 206 Å². The van der Waals surface area contributed by atoms with Crippen molar-refractivity contribution in [3.8, 4) is 0 Å². The molecule has 8 aromatic carbocycles. The van der Waals surface area contributed by atoms with Crippen LogP contribution in [0, 0.1) is 0 Å². The van der Waals surface area contributed by atoms with Gasteiger partial charge in [-0.15, -0.1) is 0 Å². The van der Waals surface area contributed by atoms with E-state index in [0.29, 0.717) is 0 Å². The largest absolute Gasteiger partial charge is 0.347 e. The number of allylic oxidation sites excluding steroid dienone is 10. The zero-order chi connectivity index (χ0) is 45.2. The van der Waals surface area contributed by atoms with E-state index in [1.165, 1.54) is 88.9 Å². The normalized spacial score (nSPS) is 17.4. The van der Waals surface area contributed by atoms with Crippen LogP contribution in [0.4, 0.5) is 11.4 Å². The summed E-state index contributed by atoms with van der Waals surface area (Å²) < 4.78 is 2.46. The molecular formula is C65H57N2+. The Morgan fingerprint density at radius 2 is 0.955 bits per heavy atom. The van der Waals surface area contributed by atoms with Crippen LogP contribution in [0.2, 0.25) is 0 Å². The second-order valence-corrected chi connectivity index (χ2v) is 18.9. The van der Waals surface area contributed by atoms with Gasteiger partial charge in [-0.2, -0.15) is 4.58 Å². The second kappa shape index (κ2) is 18.0. The zero-order valence-corrected chi connectivity index (χ0v) is 38.7. The van der Waals surface area contributed by atoms with Gasteiger partial charge >= 0.3 is 0 Å². The molecule has 326 valence electrons. The summed E-state index contributed by atoms with van der Waals surface area (Å²) in [5.41, 5.74) is 15.7. The third kappa shape index (κ3) is 7.91. The molecule has 3 aliphatic rings. The van der Waals surface area contributed by atoms with Gasteiger partial charge in [-0.25, -0.2) is 0 Å². The maximum absolute atomic E-state index is 2.46. The van der Waals surface area contributed by atoms with E-state index >= 15 is 0 Å². The van der Waals surface area contributed by atoms with Crippen LogP contribution in [0.1, 0.15) is 46.2 Å². The second-order valence-electron chi connectivity index (χ2n) is 18.9. The number of anilines is 1. The minimum atomic E-state index is -0.273. The zero-order valence-electron chi connectivity index (χ0n) is 38.7. The van der Waals surface area contributed by atoms with Gasteiger partial charge in [0.2, 0.25) is 5.69 Å². The van der Waals surface area contributed by atoms with E-state index < -0.39 is 0 Å². The molecule has 1 aliphatic carbocycles. The summed E-state index contributed by atoms with van der Waals surface area (Å²) >= 11 is 0. The van der Waals surface area contributed by atoms with E-state index in [1.54, 1.807) is 0 Å². The molecular weight excluding hydrogens is 809 g/mol. The molecule has 0 saturated carbocycles. The predicted octanol–water partition coefficient (Wildman–Crippen LogP) is 15.0. The van der Waals surface area contributed by atoms with Crippen molar-refractivity contribution in [3.63, 3.8) is 0 Å². The summed E-state index contributed by atoms with van der Waals surface area (Å²) in [6, 6.07) is 71.5. The Hall–Kier alpha value is -7.55. The number of hydrogen-bond donors (Lipinski definition) is 0. The lowest BCUT2D eigenvalue weighted by Crippen LogP contribution is -2.39. The maximum atomic E-state index is 2.46. The van der Waals surface area contributed by atoms with E-state index in [2.05, 4.69) is 260 Å². The molecule has 2 aliphatic heterocycles. The fourth-order valence-corrected chi connectivity index (χ4v) is 11.9. The molecule has 67 heavy (non-hydrogen) atoms. The lowest BCUT2D eigenvalue weighted by molar-refractivity contribution is -0.401. The highest BCUT2D eigenvalue weighted by molar-refractivity contribution is 6.08. The molecule has 8 aromatic rings. The highest BCUT2D eigenvalue weighted by Gasteiger charge is 2.51. The summed E-state index contributed by atoms with van der Waals surface area (Å²) in [5.74, 6) is 0. The summed E-state index contributed by atoms with van der Waals surface area (Å²) in [6.45, 7) is 0. The SMILES string of the molecule is CN1/C(=C/C=C/C2=CC(=C/C=C/C3=[N+](C)c4ccc5ccccc5c4C3(Cc3ccccc3)Cc3ccccc3)/CC2)C(Cc2ccccc2)(Cc2ccccc2)c2c1ccc1ccccc21. The van der Waals surface area contributed by atoms with E-state index in [1.807, 2.05) is 0 Å². The van der Waals surface area contributed by atoms with Gasteiger partial charge in [0.15, 0.2) is 5.71 Å². The number of likely N-dealkylation sites (N-methyl/N-ethyl adjacent to an activating group) is 1. The molecule has 0 saturated heterocycles. The average Bonchev–Trinajstić information content (AvgIpc) is 3.99. The van der Waals surface area contributed by atoms with Crippen LogP contribution >= 0.6 is 0 Å². The van der Waals surface area contributed by atoms with Crippen LogP contribution in [0.3, 0.4) is 0 Å². The Bertz CT molecular complexity index is 3210. The fourth-order valence-electron chi connectivity index (χ4n) is 11.9. The van der Waals surface area contributed by atoms with Gasteiger partial charge in [0.05, 0.1) is 5.41 Å². The minimum absolute atomic E-state index is 0.273. The van der Waals surface area contributed by atoms with Crippen LogP contribution in [0.25, 0.3) is 21.5 Å². The molecule has 2 heterocycles. The van der Waals surface area contributed by atoms with Crippen LogP contribution in [-0.4, -0.2) is 24.4 Å². The van der Waals surface area contributed by atoms with Gasteiger partial charge in [0.25, 0.3) is 0 Å². The molecule has 0 radical (unpaired) electrons. The Labute approximate surface area is 396 Å². The lowest BCUT2D eigenvalue weighted by Gasteiger charge is -2.34. The molecule has 0 bridgehead atoms. The van der Waals surface area contributed by atoms with Gasteiger partial charge in [0, 0.05) is 41.6 Å². The van der Waals surface area contributed by atoms with Gasteiger partial charge in [-0.05, 0) is 117 Å². The van der Waals surface area contributed by atoms with E-state index in [0.717, 1.165) is 38.5 Å². The fraction of sp³-hybridized carbons (Fsp3) is 0.154. The predicted molar refractivity (Wildman–Crippen MR) is 283 cm³/mol. The first-order valence-electron chi connectivity index (χ1n) is 24.0. The number of nitrogens with zero attached hydrogens (tertiary/aromatic N) is 2. The van der Waals surface area contributed by atoms with Crippen molar-refractivity contribution in [2.75, 3.05) is 19.0 Å². The molecule has 0 fully saturated rings. The first-order valence-corrected chi connectivity index (χ1v) is 24.0. The van der Waals surface area contributed by atoms with Crippen LogP contribution in [0.5, 0.6) is 0 Å². The van der Waals surface area contributed by atoms with Crippen molar-refractivity contribution in [3.05, 3.63) is 287 Å². The number of rotatable bonds is 12. The minimum Gasteiger partial charge on any atom is -0.347 e. The van der Waals surface area contributed by atoms with Gasteiger partial charge in [-0.3, -0.25) is 0 Å². The molecule has 0 spiro atoms. The molecule has 0 amide bonds. The van der Waals surface area contributed by atoms with Crippen molar-refractivity contribution in [1.82, 2.24) is 0 Å². The Morgan fingerprint density at radius 3 is 1.52 bits per heavy atom. The molecule has 2 nitrogen and oxygen atoms in total. The average molecular weight is 866 g/mol. The standard InChI is InChI=1S/C65H57N2/c1-66-58-41-39-54-31-15-17-33-56(54)62(58)64(44-50-21-7-3-8-22-50,45-51-23-9-4-10-24-51)60(66)35-19-29-48-37-38-49(43-48)30-20-36-61-65(46-52-25-11-5-12-26-52,47-53-27-13-6-14-28-53)63-57-34-18-16-32-55(57)40-42-59(63)67(61)2/h3-36,39-43H,37-38,44-47H2,1-2H3/q+1. The van der Waals surface area contributed by atoms with E-state index in [-0.39, 0.29) is 10.8 Å². The maximum Gasteiger partial charge on any atom is 0.210 e. The van der Waals surface area contributed by atoms with Gasteiger partial charge in [0.1, 0.15) is 7.05 Å². The molecule has 2 heteroatoms. The van der Waals surface area contributed by atoms with Crippen molar-refractivity contribution in [2.24, 2.45) is 0 Å². The quantitative estimate of drug-likeness (QED) is 0.111. The van der Waals surface area contributed by atoms with Crippen LogP contribution in [-0.2, 0) is 36.5 Å². The Balaban J connectivity index is 0.949. The van der Waals surface area contributed by atoms with Gasteiger partial charge < -0.3 is 4.90 Å². The summed E-state index contributed by atoms with van der Waals surface area (Å²) in [6.07, 6.45) is 22.3. The van der Waals surface area contributed by atoms with E-state index in [4.69, 9.17) is 0 Å². The molecule has 0 N–H and O–H groups in total. The number of benzene rings is 8. The first-order chi connectivity index (χ1) is 33.0. The van der Waals surface area contributed by atoms with Crippen LogP contribution in [0.15, 0.2) is 253 Å². The summed E-state index contributed by atoms with van der Waals surface area (Å²) in [7, 11) is 4.53. The van der Waals surface area contributed by atoms with Crippen LogP contribution < -0.4 is 4.90 Å². The molecule has 0 atom stereocenters. The van der Waals surface area contributed by atoms with E-state index in [9.17, 15) is 0 Å². The highest BCUT2D eigenvalue weighted by atomic mass is 15.2. The number of fused-ring (bicyclic) bond motifs is 6. The first kappa shape index (κ1) is 42.1. The molecule has 0 unspecified atom stereocenters. The monoisotopic (exact) mass is 865 g/mol. The van der Waals surface area contributed by atoms with Crippen molar-refractivity contribution in [1.29, 1.82) is 0 Å². The Morgan fingerprint density at radius 1 is 0.478 bits per heavy atom. The Kier molecular flexibility index (Phi) is 11.3. The molecule has 0 aromatic heterocycles. The topological polar surface area (TPSA) is 6.25 Å². The third-order valence-corrected chi connectivity index (χ3v) is 14.8. The smallest absolute Gasteiger partial charge is 0.210 e. The van der Waals surface area contributed by atoms with Crippen molar-refractivity contribution < 1.29 is 4.58 Å². The highest BCUT2D eigenvalue weighted by Crippen LogP contribution is 2.54. The van der Waals surface area contributed by atoms with Crippen molar-refractivity contribution in [2.45, 2.75) is 49.4 Å². The third-order valence-electron chi connectivity index (χ3n) is 14.8.